The Morgan fingerprint density at radius 1 is 1.06 bits per heavy atom. The highest BCUT2D eigenvalue weighted by molar-refractivity contribution is 5.94. The highest BCUT2D eigenvalue weighted by Crippen LogP contribution is 2.46. The van der Waals surface area contributed by atoms with Gasteiger partial charge in [-0.25, -0.2) is 9.78 Å². The number of likely N-dealkylation sites (tertiary alicyclic amines) is 2. The quantitative estimate of drug-likeness (QED) is 0.695. The number of pyridine rings is 1. The molecule has 0 bridgehead atoms. The van der Waals surface area contributed by atoms with Crippen LogP contribution in [0.4, 0.5) is 4.79 Å². The van der Waals surface area contributed by atoms with E-state index in [1.807, 2.05) is 40.3 Å². The van der Waals surface area contributed by atoms with Crippen molar-refractivity contribution in [1.82, 2.24) is 24.7 Å². The minimum Gasteiger partial charge on any atom is -0.346 e. The predicted octanol–water partition coefficient (Wildman–Crippen LogP) is 3.30. The molecular formula is C24H27N5O2. The topological polar surface area (TPSA) is 72.5 Å². The van der Waals surface area contributed by atoms with Gasteiger partial charge in [0.1, 0.15) is 11.3 Å². The van der Waals surface area contributed by atoms with Crippen LogP contribution >= 0.6 is 0 Å². The molecule has 31 heavy (non-hydrogen) atoms. The number of hydrogen-bond donors (Lipinski definition) is 1. The van der Waals surface area contributed by atoms with Crippen LogP contribution in [0.25, 0.3) is 11.0 Å². The molecule has 3 atom stereocenters. The summed E-state index contributed by atoms with van der Waals surface area (Å²) in [5.41, 5.74) is 3.54. The van der Waals surface area contributed by atoms with Crippen LogP contribution < -0.4 is 0 Å². The maximum Gasteiger partial charge on any atom is 0.320 e. The zero-order chi connectivity index (χ0) is 21.7. The van der Waals surface area contributed by atoms with Gasteiger partial charge in [0.05, 0.1) is 6.04 Å². The Hall–Kier alpha value is -3.35. The smallest absolute Gasteiger partial charge is 0.320 e. The number of H-pyrrole nitrogens is 1. The molecule has 2 saturated heterocycles. The number of carbonyl (C=O) groups is 2. The van der Waals surface area contributed by atoms with Gasteiger partial charge in [0.25, 0.3) is 5.91 Å². The van der Waals surface area contributed by atoms with E-state index in [9.17, 15) is 9.59 Å². The fourth-order valence-corrected chi connectivity index (χ4v) is 5.19. The first kappa shape index (κ1) is 19.6. The second-order valence-electron chi connectivity index (χ2n) is 8.88. The zero-order valence-electron chi connectivity index (χ0n) is 18.1. The predicted molar refractivity (Wildman–Crippen MR) is 119 cm³/mol. The second-order valence-corrected chi connectivity index (χ2v) is 8.88. The highest BCUT2D eigenvalue weighted by Gasteiger charge is 2.50. The fraction of sp³-hybridized carbons (Fsp3) is 0.375. The van der Waals surface area contributed by atoms with Crippen LogP contribution in [-0.4, -0.2) is 70.3 Å². The van der Waals surface area contributed by atoms with Crippen molar-refractivity contribution in [1.29, 1.82) is 0 Å². The van der Waals surface area contributed by atoms with E-state index in [-0.39, 0.29) is 29.8 Å². The van der Waals surface area contributed by atoms with E-state index in [1.165, 1.54) is 11.1 Å². The molecule has 0 radical (unpaired) electrons. The number of carbonyl (C=O) groups excluding carboxylic acids is 2. The molecule has 2 aliphatic heterocycles. The Morgan fingerprint density at radius 3 is 2.65 bits per heavy atom. The van der Waals surface area contributed by atoms with Crippen molar-refractivity contribution in [3.05, 3.63) is 65.5 Å². The van der Waals surface area contributed by atoms with E-state index in [1.54, 1.807) is 25.1 Å². The first-order valence-electron chi connectivity index (χ1n) is 10.7. The third-order valence-electron chi connectivity index (χ3n) is 6.72. The minimum atomic E-state index is -0.0417. The molecule has 3 aromatic rings. The highest BCUT2D eigenvalue weighted by atomic mass is 16.2. The Labute approximate surface area is 181 Å². The number of hydrogen-bond acceptors (Lipinski definition) is 3. The molecule has 2 fully saturated rings. The Bertz CT molecular complexity index is 1150. The largest absolute Gasteiger partial charge is 0.346 e. The third-order valence-corrected chi connectivity index (χ3v) is 6.72. The lowest BCUT2D eigenvalue weighted by atomic mass is 9.88. The van der Waals surface area contributed by atoms with Crippen LogP contribution in [0, 0.1) is 18.8 Å². The van der Waals surface area contributed by atoms with Gasteiger partial charge in [-0.1, -0.05) is 24.3 Å². The Morgan fingerprint density at radius 2 is 1.87 bits per heavy atom. The van der Waals surface area contributed by atoms with Crippen molar-refractivity contribution in [2.24, 2.45) is 11.8 Å². The molecule has 4 heterocycles. The first-order valence-corrected chi connectivity index (χ1v) is 10.7. The lowest BCUT2D eigenvalue weighted by Crippen LogP contribution is -2.42. The SMILES string of the molecule is Cc1ccccc1[C@H]1[C@@H]2CN(C(=O)c3ccc4cc[nH]c4n3)C[C@@H]2CN1C(=O)N(C)C. The van der Waals surface area contributed by atoms with Crippen molar-refractivity contribution in [2.75, 3.05) is 33.7 Å². The summed E-state index contributed by atoms with van der Waals surface area (Å²) in [4.78, 5) is 39.3. The van der Waals surface area contributed by atoms with E-state index >= 15 is 0 Å². The minimum absolute atomic E-state index is 0.0272. The lowest BCUT2D eigenvalue weighted by Gasteiger charge is -2.32. The summed E-state index contributed by atoms with van der Waals surface area (Å²) in [5.74, 6) is 0.426. The van der Waals surface area contributed by atoms with Crippen molar-refractivity contribution in [3.8, 4) is 0 Å². The summed E-state index contributed by atoms with van der Waals surface area (Å²) in [6, 6.07) is 13.9. The van der Waals surface area contributed by atoms with E-state index in [0.717, 1.165) is 11.0 Å². The maximum absolute atomic E-state index is 13.2. The van der Waals surface area contributed by atoms with Crippen LogP contribution in [0.5, 0.6) is 0 Å². The molecule has 2 aliphatic rings. The monoisotopic (exact) mass is 417 g/mol. The van der Waals surface area contributed by atoms with Crippen LogP contribution in [0.15, 0.2) is 48.7 Å². The summed E-state index contributed by atoms with van der Waals surface area (Å²) < 4.78 is 0. The van der Waals surface area contributed by atoms with Gasteiger partial charge in [0, 0.05) is 57.1 Å². The summed E-state index contributed by atoms with van der Waals surface area (Å²) in [5, 5.41) is 0.993. The number of urea groups is 1. The molecule has 0 aliphatic carbocycles. The molecule has 5 rings (SSSR count). The molecule has 0 saturated carbocycles. The third kappa shape index (κ3) is 3.24. The molecule has 0 unspecified atom stereocenters. The molecule has 7 nitrogen and oxygen atoms in total. The Kier molecular flexibility index (Phi) is 4.68. The van der Waals surface area contributed by atoms with Crippen LogP contribution in [-0.2, 0) is 0 Å². The molecule has 1 N–H and O–H groups in total. The average molecular weight is 418 g/mol. The second kappa shape index (κ2) is 7.41. The van der Waals surface area contributed by atoms with E-state index in [4.69, 9.17) is 0 Å². The fourth-order valence-electron chi connectivity index (χ4n) is 5.19. The van der Waals surface area contributed by atoms with E-state index in [2.05, 4.69) is 29.0 Å². The van der Waals surface area contributed by atoms with Gasteiger partial charge >= 0.3 is 6.03 Å². The van der Waals surface area contributed by atoms with Crippen molar-refractivity contribution < 1.29 is 9.59 Å². The zero-order valence-corrected chi connectivity index (χ0v) is 18.1. The van der Waals surface area contributed by atoms with E-state index in [0.29, 0.717) is 25.3 Å². The normalized spacial score (nSPS) is 22.7. The van der Waals surface area contributed by atoms with Gasteiger partial charge in [-0.15, -0.1) is 0 Å². The summed E-state index contributed by atoms with van der Waals surface area (Å²) >= 11 is 0. The van der Waals surface area contributed by atoms with Crippen LogP contribution in [0.1, 0.15) is 27.7 Å². The Balaban J connectivity index is 1.44. The van der Waals surface area contributed by atoms with Crippen LogP contribution in [0.3, 0.4) is 0 Å². The number of amides is 3. The van der Waals surface area contributed by atoms with E-state index < -0.39 is 0 Å². The number of nitrogens with one attached hydrogen (secondary N) is 1. The molecular weight excluding hydrogens is 390 g/mol. The molecule has 0 spiro atoms. The number of fused-ring (bicyclic) bond motifs is 2. The number of rotatable bonds is 2. The molecule has 3 amide bonds. The van der Waals surface area contributed by atoms with Gasteiger partial charge in [0.2, 0.25) is 0 Å². The summed E-state index contributed by atoms with van der Waals surface area (Å²) in [6.45, 7) is 4.03. The molecule has 2 aromatic heterocycles. The summed E-state index contributed by atoms with van der Waals surface area (Å²) in [7, 11) is 3.59. The first-order chi connectivity index (χ1) is 14.9. The molecule has 1 aromatic carbocycles. The number of nitrogens with zero attached hydrogens (tertiary/aromatic N) is 4. The summed E-state index contributed by atoms with van der Waals surface area (Å²) in [6.07, 6.45) is 1.83. The van der Waals surface area contributed by atoms with Gasteiger partial charge in [-0.2, -0.15) is 0 Å². The van der Waals surface area contributed by atoms with Crippen molar-refractivity contribution in [3.63, 3.8) is 0 Å². The molecule has 160 valence electrons. The van der Waals surface area contributed by atoms with Gasteiger partial charge in [0.15, 0.2) is 0 Å². The van der Waals surface area contributed by atoms with Gasteiger partial charge < -0.3 is 19.7 Å². The van der Waals surface area contributed by atoms with Crippen LogP contribution in [0.2, 0.25) is 0 Å². The average Bonchev–Trinajstić information content (AvgIpc) is 3.46. The lowest BCUT2D eigenvalue weighted by molar-refractivity contribution is 0.0761. The number of aromatic amines is 1. The number of aromatic nitrogens is 2. The van der Waals surface area contributed by atoms with Crippen molar-refractivity contribution >= 4 is 23.0 Å². The molecule has 7 heteroatoms. The number of aryl methyl sites for hydroxylation is 1. The number of benzene rings is 1. The maximum atomic E-state index is 13.2. The van der Waals surface area contributed by atoms with Gasteiger partial charge in [-0.3, -0.25) is 4.79 Å². The van der Waals surface area contributed by atoms with Gasteiger partial charge in [-0.05, 0) is 36.2 Å². The standard InChI is InChI=1S/C24H27N5O2/c1-15-6-4-5-7-18(15)21-19-14-28(12-17(19)13-29(21)24(31)27(2)3)23(30)20-9-8-16-10-11-25-22(16)26-20/h4-11,17,19,21H,12-14H2,1-3H3,(H,25,26)/t17-,19-,21+/m1/s1. The van der Waals surface area contributed by atoms with Crippen molar-refractivity contribution in [2.45, 2.75) is 13.0 Å².